The molecule has 0 saturated carbocycles. The van der Waals surface area contributed by atoms with E-state index >= 15 is 0 Å². The van der Waals surface area contributed by atoms with Gasteiger partial charge in [-0.3, -0.25) is 4.79 Å². The molecule has 1 N–H and O–H groups in total. The average Bonchev–Trinajstić information content (AvgIpc) is 2.59. The van der Waals surface area contributed by atoms with E-state index in [-0.39, 0.29) is 12.3 Å². The van der Waals surface area contributed by atoms with Crippen LogP contribution in [0, 0.1) is 6.92 Å². The van der Waals surface area contributed by atoms with Gasteiger partial charge in [-0.15, -0.1) is 0 Å². The Balaban J connectivity index is 1.91. The SMILES string of the molecule is Cc1cc(C2CC(=O)Nc3c2ccc2ccccc32)cc(C(F)(F)F)c1. The molecular formula is C21H16F3NO. The smallest absolute Gasteiger partial charge is 0.325 e. The Morgan fingerprint density at radius 1 is 1.04 bits per heavy atom. The zero-order valence-corrected chi connectivity index (χ0v) is 14.0. The number of hydrogen-bond donors (Lipinski definition) is 1. The molecule has 5 heteroatoms. The van der Waals surface area contributed by atoms with Crippen molar-refractivity contribution >= 4 is 22.4 Å². The van der Waals surface area contributed by atoms with Crippen molar-refractivity contribution in [1.29, 1.82) is 0 Å². The monoisotopic (exact) mass is 355 g/mol. The summed E-state index contributed by atoms with van der Waals surface area (Å²) in [6, 6.07) is 15.5. The molecule has 1 heterocycles. The van der Waals surface area contributed by atoms with E-state index in [2.05, 4.69) is 5.32 Å². The van der Waals surface area contributed by atoms with Gasteiger partial charge >= 0.3 is 6.18 Å². The Bertz CT molecular complexity index is 1020. The van der Waals surface area contributed by atoms with Crippen LogP contribution in [0.1, 0.15) is 34.6 Å². The fourth-order valence-electron chi connectivity index (χ4n) is 3.68. The van der Waals surface area contributed by atoms with Crippen LogP contribution in [-0.2, 0) is 11.0 Å². The maximum Gasteiger partial charge on any atom is 0.416 e. The second-order valence-corrected chi connectivity index (χ2v) is 6.69. The third kappa shape index (κ3) is 2.83. The normalized spacial score (nSPS) is 17.1. The Labute approximate surface area is 148 Å². The van der Waals surface area contributed by atoms with Gasteiger partial charge in [0, 0.05) is 17.7 Å². The van der Waals surface area contributed by atoms with Crippen LogP contribution in [0.15, 0.2) is 54.6 Å². The van der Waals surface area contributed by atoms with Crippen LogP contribution in [0.2, 0.25) is 0 Å². The predicted molar refractivity (Wildman–Crippen MR) is 95.2 cm³/mol. The maximum absolute atomic E-state index is 13.2. The van der Waals surface area contributed by atoms with Crippen molar-refractivity contribution in [1.82, 2.24) is 0 Å². The van der Waals surface area contributed by atoms with Crippen LogP contribution in [0.3, 0.4) is 0 Å². The molecule has 3 aromatic carbocycles. The number of aryl methyl sites for hydroxylation is 1. The molecule has 132 valence electrons. The number of benzene rings is 3. The Hall–Kier alpha value is -2.82. The zero-order valence-electron chi connectivity index (χ0n) is 14.0. The molecule has 0 aliphatic carbocycles. The van der Waals surface area contributed by atoms with Crippen molar-refractivity contribution in [3.05, 3.63) is 76.9 Å². The van der Waals surface area contributed by atoms with E-state index in [0.717, 1.165) is 28.5 Å². The highest BCUT2D eigenvalue weighted by Crippen LogP contribution is 2.42. The Kier molecular flexibility index (Phi) is 3.75. The number of nitrogens with one attached hydrogen (secondary N) is 1. The van der Waals surface area contributed by atoms with E-state index in [4.69, 9.17) is 0 Å². The number of anilines is 1. The molecule has 1 aliphatic heterocycles. The first-order chi connectivity index (χ1) is 12.3. The van der Waals surface area contributed by atoms with Crippen molar-refractivity contribution in [2.45, 2.75) is 25.4 Å². The second kappa shape index (κ2) is 5.87. The first-order valence-electron chi connectivity index (χ1n) is 8.33. The van der Waals surface area contributed by atoms with Gasteiger partial charge < -0.3 is 5.32 Å². The minimum atomic E-state index is -4.41. The van der Waals surface area contributed by atoms with E-state index in [1.807, 2.05) is 36.4 Å². The molecular weight excluding hydrogens is 339 g/mol. The summed E-state index contributed by atoms with van der Waals surface area (Å²) in [6.07, 6.45) is -4.28. The van der Waals surface area contributed by atoms with Crippen LogP contribution < -0.4 is 5.32 Å². The molecule has 1 unspecified atom stereocenters. The third-order valence-corrected chi connectivity index (χ3v) is 4.82. The summed E-state index contributed by atoms with van der Waals surface area (Å²) in [4.78, 5) is 12.3. The number of rotatable bonds is 1. The molecule has 1 aliphatic rings. The highest BCUT2D eigenvalue weighted by Gasteiger charge is 2.33. The van der Waals surface area contributed by atoms with Crippen molar-refractivity contribution in [3.63, 3.8) is 0 Å². The van der Waals surface area contributed by atoms with Crippen molar-refractivity contribution < 1.29 is 18.0 Å². The number of alkyl halides is 3. The molecule has 0 spiro atoms. The molecule has 1 amide bonds. The number of halogens is 3. The molecule has 0 saturated heterocycles. The van der Waals surface area contributed by atoms with Gasteiger partial charge in [0.2, 0.25) is 5.91 Å². The molecule has 0 bridgehead atoms. The zero-order chi connectivity index (χ0) is 18.5. The minimum absolute atomic E-state index is 0.131. The molecule has 0 radical (unpaired) electrons. The molecule has 2 nitrogen and oxygen atoms in total. The van der Waals surface area contributed by atoms with Gasteiger partial charge in [0.1, 0.15) is 0 Å². The highest BCUT2D eigenvalue weighted by atomic mass is 19.4. The predicted octanol–water partition coefficient (Wildman–Crippen LogP) is 5.64. The summed E-state index contributed by atoms with van der Waals surface area (Å²) >= 11 is 0. The van der Waals surface area contributed by atoms with Crippen LogP contribution in [0.25, 0.3) is 10.8 Å². The molecule has 4 rings (SSSR count). The van der Waals surface area contributed by atoms with Crippen LogP contribution >= 0.6 is 0 Å². The van der Waals surface area contributed by atoms with Gasteiger partial charge in [-0.25, -0.2) is 0 Å². The van der Waals surface area contributed by atoms with Crippen LogP contribution in [0.4, 0.5) is 18.9 Å². The van der Waals surface area contributed by atoms with E-state index in [1.165, 1.54) is 0 Å². The standard InChI is InChI=1S/C21H16F3NO/c1-12-8-14(10-15(9-12)21(22,23)24)18-11-19(26)25-20-16-5-3-2-4-13(16)6-7-17(18)20/h2-10,18H,11H2,1H3,(H,25,26). The summed E-state index contributed by atoms with van der Waals surface area (Å²) < 4.78 is 39.6. The number of carbonyl (C=O) groups excluding carboxylic acids is 1. The number of hydrogen-bond acceptors (Lipinski definition) is 1. The van der Waals surface area contributed by atoms with Crippen LogP contribution in [-0.4, -0.2) is 5.91 Å². The third-order valence-electron chi connectivity index (χ3n) is 4.82. The fourth-order valence-corrected chi connectivity index (χ4v) is 3.68. The van der Waals surface area contributed by atoms with Crippen molar-refractivity contribution in [2.75, 3.05) is 5.32 Å². The number of carbonyl (C=O) groups is 1. The summed E-state index contributed by atoms with van der Waals surface area (Å²) in [6.45, 7) is 1.64. The van der Waals surface area contributed by atoms with E-state index in [0.29, 0.717) is 16.8 Å². The van der Waals surface area contributed by atoms with Crippen molar-refractivity contribution in [3.8, 4) is 0 Å². The summed E-state index contributed by atoms with van der Waals surface area (Å²) in [5.41, 5.74) is 1.91. The molecule has 0 fully saturated rings. The summed E-state index contributed by atoms with van der Waals surface area (Å²) in [5, 5.41) is 4.78. The number of fused-ring (bicyclic) bond motifs is 3. The molecule has 1 atom stereocenters. The first kappa shape index (κ1) is 16.6. The van der Waals surface area contributed by atoms with Gasteiger partial charge in [-0.2, -0.15) is 13.2 Å². The lowest BCUT2D eigenvalue weighted by Gasteiger charge is -2.28. The molecule has 3 aromatic rings. The van der Waals surface area contributed by atoms with E-state index in [9.17, 15) is 18.0 Å². The van der Waals surface area contributed by atoms with E-state index in [1.54, 1.807) is 13.0 Å². The van der Waals surface area contributed by atoms with Crippen LogP contribution in [0.5, 0.6) is 0 Å². The van der Waals surface area contributed by atoms with Gasteiger partial charge in [-0.05, 0) is 35.6 Å². The van der Waals surface area contributed by atoms with Gasteiger partial charge in [0.25, 0.3) is 0 Å². The number of amides is 1. The largest absolute Gasteiger partial charge is 0.416 e. The molecule has 0 aromatic heterocycles. The Morgan fingerprint density at radius 3 is 2.58 bits per heavy atom. The minimum Gasteiger partial charge on any atom is -0.325 e. The average molecular weight is 355 g/mol. The lowest BCUT2D eigenvalue weighted by atomic mass is 9.82. The highest BCUT2D eigenvalue weighted by molar-refractivity contribution is 6.06. The first-order valence-corrected chi connectivity index (χ1v) is 8.33. The Morgan fingerprint density at radius 2 is 1.81 bits per heavy atom. The van der Waals surface area contributed by atoms with Gasteiger partial charge in [-0.1, -0.05) is 48.0 Å². The van der Waals surface area contributed by atoms with E-state index < -0.39 is 17.7 Å². The maximum atomic E-state index is 13.2. The fraction of sp³-hybridized carbons (Fsp3) is 0.190. The summed E-state index contributed by atoms with van der Waals surface area (Å²) in [7, 11) is 0. The topological polar surface area (TPSA) is 29.1 Å². The summed E-state index contributed by atoms with van der Waals surface area (Å²) in [5.74, 6) is -0.585. The van der Waals surface area contributed by atoms with Gasteiger partial charge in [0.05, 0.1) is 11.3 Å². The molecule has 26 heavy (non-hydrogen) atoms. The second-order valence-electron chi connectivity index (χ2n) is 6.69. The lowest BCUT2D eigenvalue weighted by molar-refractivity contribution is -0.137. The van der Waals surface area contributed by atoms with Gasteiger partial charge in [0.15, 0.2) is 0 Å². The quantitative estimate of drug-likeness (QED) is 0.601. The lowest BCUT2D eigenvalue weighted by Crippen LogP contribution is -2.24. The van der Waals surface area contributed by atoms with Crippen molar-refractivity contribution in [2.24, 2.45) is 0 Å².